The lowest BCUT2D eigenvalue weighted by atomic mass is 10.2. The number of ether oxygens (including phenoxy) is 1. The quantitative estimate of drug-likeness (QED) is 0.789. The molecule has 1 aromatic carbocycles. The van der Waals surface area contributed by atoms with Crippen LogP contribution in [0.15, 0.2) is 36.5 Å². The Hall–Kier alpha value is -3.36. The summed E-state index contributed by atoms with van der Waals surface area (Å²) in [5.41, 5.74) is 3.02. The number of cyclic esters (lactones) is 1. The molecule has 164 valence electrons. The Morgan fingerprint density at radius 1 is 1.16 bits per heavy atom. The van der Waals surface area contributed by atoms with Crippen molar-refractivity contribution in [3.8, 4) is 0 Å². The molecule has 2 aliphatic rings. The van der Waals surface area contributed by atoms with E-state index in [0.717, 1.165) is 24.5 Å². The lowest BCUT2D eigenvalue weighted by Crippen LogP contribution is -2.46. The van der Waals surface area contributed by atoms with Gasteiger partial charge in [0.15, 0.2) is 0 Å². The number of piperazine rings is 1. The molecule has 2 aromatic rings. The zero-order valence-electron chi connectivity index (χ0n) is 17.7. The number of carbonyl (C=O) groups excluding carboxylic acids is 2. The second kappa shape index (κ2) is 8.79. The van der Waals surface area contributed by atoms with Crippen LogP contribution in [0, 0.1) is 12.7 Å². The predicted molar refractivity (Wildman–Crippen MR) is 116 cm³/mol. The van der Waals surface area contributed by atoms with Gasteiger partial charge in [0.2, 0.25) is 5.91 Å². The van der Waals surface area contributed by atoms with Crippen LogP contribution < -0.4 is 20.0 Å². The number of benzene rings is 1. The molecule has 0 aliphatic carbocycles. The van der Waals surface area contributed by atoms with E-state index < -0.39 is 12.2 Å². The molecule has 3 heterocycles. The van der Waals surface area contributed by atoms with Gasteiger partial charge in [-0.05, 0) is 37.3 Å². The van der Waals surface area contributed by atoms with Gasteiger partial charge < -0.3 is 19.9 Å². The van der Waals surface area contributed by atoms with Crippen molar-refractivity contribution in [2.45, 2.75) is 20.0 Å². The molecule has 0 saturated carbocycles. The number of anilines is 3. The molecule has 2 amide bonds. The molecule has 2 saturated heterocycles. The highest BCUT2D eigenvalue weighted by molar-refractivity contribution is 5.90. The number of aromatic nitrogens is 1. The normalized spacial score (nSPS) is 18.9. The molecule has 2 aliphatic heterocycles. The molecule has 1 atom stereocenters. The molecular formula is C22H26FN5O3. The summed E-state index contributed by atoms with van der Waals surface area (Å²) in [7, 11) is 0. The van der Waals surface area contributed by atoms with Crippen LogP contribution in [-0.4, -0.2) is 62.4 Å². The Morgan fingerprint density at radius 2 is 1.87 bits per heavy atom. The Morgan fingerprint density at radius 3 is 2.52 bits per heavy atom. The lowest BCUT2D eigenvalue weighted by molar-refractivity contribution is -0.119. The van der Waals surface area contributed by atoms with E-state index >= 15 is 0 Å². The van der Waals surface area contributed by atoms with Crippen LogP contribution in [0.4, 0.5) is 26.2 Å². The number of nitrogens with one attached hydrogen (secondary N) is 1. The van der Waals surface area contributed by atoms with Gasteiger partial charge in [0.1, 0.15) is 11.9 Å². The first-order valence-corrected chi connectivity index (χ1v) is 10.4. The summed E-state index contributed by atoms with van der Waals surface area (Å²) in [5.74, 6) is -0.565. The summed E-state index contributed by atoms with van der Waals surface area (Å²) in [5, 5.41) is 2.63. The first kappa shape index (κ1) is 20.9. The molecule has 0 radical (unpaired) electrons. The number of pyridine rings is 1. The molecule has 1 N–H and O–H groups in total. The number of halogens is 1. The molecular weight excluding hydrogens is 401 g/mol. The van der Waals surface area contributed by atoms with Gasteiger partial charge in [0.25, 0.3) is 0 Å². The fourth-order valence-electron chi connectivity index (χ4n) is 3.87. The van der Waals surface area contributed by atoms with Crippen molar-refractivity contribution in [1.29, 1.82) is 0 Å². The molecule has 0 bridgehead atoms. The fourth-order valence-corrected chi connectivity index (χ4v) is 3.87. The maximum atomic E-state index is 14.9. The maximum absolute atomic E-state index is 14.9. The summed E-state index contributed by atoms with van der Waals surface area (Å²) < 4.78 is 20.2. The van der Waals surface area contributed by atoms with E-state index in [1.54, 1.807) is 12.1 Å². The largest absolute Gasteiger partial charge is 0.442 e. The van der Waals surface area contributed by atoms with Crippen molar-refractivity contribution in [2.24, 2.45) is 0 Å². The predicted octanol–water partition coefficient (Wildman–Crippen LogP) is 2.32. The number of carbonyl (C=O) groups is 2. The Balaban J connectivity index is 1.38. The van der Waals surface area contributed by atoms with Gasteiger partial charge in [0, 0.05) is 38.8 Å². The smallest absolute Gasteiger partial charge is 0.414 e. The highest BCUT2D eigenvalue weighted by Gasteiger charge is 2.33. The molecule has 8 nitrogen and oxygen atoms in total. The molecule has 0 spiro atoms. The highest BCUT2D eigenvalue weighted by Crippen LogP contribution is 2.29. The van der Waals surface area contributed by atoms with Crippen LogP contribution >= 0.6 is 0 Å². The second-order valence-corrected chi connectivity index (χ2v) is 7.82. The first-order chi connectivity index (χ1) is 14.9. The van der Waals surface area contributed by atoms with E-state index in [1.165, 1.54) is 17.9 Å². The van der Waals surface area contributed by atoms with Crippen LogP contribution in [0.5, 0.6) is 0 Å². The summed E-state index contributed by atoms with van der Waals surface area (Å²) in [6.45, 7) is 6.78. The minimum Gasteiger partial charge on any atom is -0.442 e. The molecule has 2 fully saturated rings. The Bertz CT molecular complexity index is 960. The minimum absolute atomic E-state index is 0.191. The van der Waals surface area contributed by atoms with Gasteiger partial charge in [0.05, 0.1) is 36.3 Å². The molecule has 1 unspecified atom stereocenters. The van der Waals surface area contributed by atoms with Crippen LogP contribution in [-0.2, 0) is 9.53 Å². The number of hydrogen-bond acceptors (Lipinski definition) is 6. The number of nitrogens with zero attached hydrogens (tertiary/aromatic N) is 4. The summed E-state index contributed by atoms with van der Waals surface area (Å²) in [4.78, 5) is 33.2. The van der Waals surface area contributed by atoms with E-state index in [-0.39, 0.29) is 24.8 Å². The van der Waals surface area contributed by atoms with Gasteiger partial charge in [-0.2, -0.15) is 0 Å². The van der Waals surface area contributed by atoms with Crippen LogP contribution in [0.25, 0.3) is 0 Å². The van der Waals surface area contributed by atoms with Crippen LogP contribution in [0.1, 0.15) is 12.6 Å². The van der Waals surface area contributed by atoms with Crippen molar-refractivity contribution in [3.05, 3.63) is 48.0 Å². The zero-order chi connectivity index (χ0) is 22.0. The van der Waals surface area contributed by atoms with Gasteiger partial charge in [-0.25, -0.2) is 9.18 Å². The number of hydrogen-bond donors (Lipinski definition) is 1. The monoisotopic (exact) mass is 427 g/mol. The van der Waals surface area contributed by atoms with Crippen LogP contribution in [0.2, 0.25) is 0 Å². The first-order valence-electron chi connectivity index (χ1n) is 10.4. The zero-order valence-corrected chi connectivity index (χ0v) is 17.7. The summed E-state index contributed by atoms with van der Waals surface area (Å²) in [6, 6.07) is 8.86. The second-order valence-electron chi connectivity index (χ2n) is 7.82. The number of rotatable bonds is 5. The van der Waals surface area contributed by atoms with E-state index in [4.69, 9.17) is 4.74 Å². The Labute approximate surface area is 180 Å². The van der Waals surface area contributed by atoms with E-state index in [0.29, 0.717) is 24.5 Å². The molecule has 1 aromatic heterocycles. The maximum Gasteiger partial charge on any atom is 0.414 e. The average molecular weight is 427 g/mol. The Kier molecular flexibility index (Phi) is 5.92. The fraction of sp³-hybridized carbons (Fsp3) is 0.409. The van der Waals surface area contributed by atoms with E-state index in [2.05, 4.69) is 21.3 Å². The van der Waals surface area contributed by atoms with Gasteiger partial charge >= 0.3 is 6.09 Å². The van der Waals surface area contributed by atoms with Gasteiger partial charge in [-0.15, -0.1) is 0 Å². The SMILES string of the molecule is CC(=O)NCC1CN(c2ccc(N3CCN(c4ccc(C)nc4)CC3)c(F)c2)C(=O)O1. The minimum atomic E-state index is -0.539. The van der Waals surface area contributed by atoms with Crippen molar-refractivity contribution in [1.82, 2.24) is 10.3 Å². The van der Waals surface area contributed by atoms with Gasteiger partial charge in [-0.3, -0.25) is 14.7 Å². The summed E-state index contributed by atoms with van der Waals surface area (Å²) in [6.07, 6.45) is 0.876. The lowest BCUT2D eigenvalue weighted by Gasteiger charge is -2.37. The summed E-state index contributed by atoms with van der Waals surface area (Å²) >= 11 is 0. The average Bonchev–Trinajstić information content (AvgIpc) is 3.13. The van der Waals surface area contributed by atoms with Crippen molar-refractivity contribution in [3.63, 3.8) is 0 Å². The van der Waals surface area contributed by atoms with Crippen molar-refractivity contribution < 1.29 is 18.7 Å². The molecule has 4 rings (SSSR count). The number of amides is 2. The number of aryl methyl sites for hydroxylation is 1. The molecule has 31 heavy (non-hydrogen) atoms. The third-order valence-electron chi connectivity index (χ3n) is 5.58. The third kappa shape index (κ3) is 4.70. The van der Waals surface area contributed by atoms with Crippen LogP contribution in [0.3, 0.4) is 0 Å². The van der Waals surface area contributed by atoms with E-state index in [9.17, 15) is 14.0 Å². The highest BCUT2D eigenvalue weighted by atomic mass is 19.1. The standard InChI is InChI=1S/C22H26FN5O3/c1-15-3-4-18(12-24-15)26-7-9-27(10-8-26)21-6-5-17(11-20(21)23)28-14-19(31-22(28)30)13-25-16(2)29/h3-6,11-12,19H,7-10,13-14H2,1-2H3,(H,25,29). The van der Waals surface area contributed by atoms with Crippen molar-refractivity contribution >= 4 is 29.1 Å². The van der Waals surface area contributed by atoms with Gasteiger partial charge in [-0.1, -0.05) is 0 Å². The van der Waals surface area contributed by atoms with Crippen molar-refractivity contribution in [2.75, 3.05) is 54.0 Å². The molecule has 9 heteroatoms. The van der Waals surface area contributed by atoms with E-state index in [1.807, 2.05) is 24.1 Å². The third-order valence-corrected chi connectivity index (χ3v) is 5.58. The topological polar surface area (TPSA) is 78.0 Å².